The van der Waals surface area contributed by atoms with Crippen molar-refractivity contribution in [3.63, 3.8) is 0 Å². The molecule has 3 nitrogen and oxygen atoms in total. The highest BCUT2D eigenvalue weighted by molar-refractivity contribution is 8.00. The molecule has 20 heavy (non-hydrogen) atoms. The molecule has 0 radical (unpaired) electrons. The van der Waals surface area contributed by atoms with Crippen LogP contribution in [-0.4, -0.2) is 36.3 Å². The monoisotopic (exact) mass is 333 g/mol. The molecule has 6 heteroatoms. The van der Waals surface area contributed by atoms with E-state index in [9.17, 15) is 8.42 Å². The Bertz CT molecular complexity index is 562. The first-order valence-corrected chi connectivity index (χ1v) is 9.88. The number of hydrogen-bond acceptors (Lipinski definition) is 3. The van der Waals surface area contributed by atoms with Gasteiger partial charge in [0.2, 0.25) is 10.0 Å². The van der Waals surface area contributed by atoms with Crippen LogP contribution in [0.4, 0.5) is 0 Å². The highest BCUT2D eigenvalue weighted by Gasteiger charge is 2.33. The highest BCUT2D eigenvalue weighted by atomic mass is 35.5. The minimum Gasteiger partial charge on any atom is -0.212 e. The third-order valence-electron chi connectivity index (χ3n) is 3.68. The van der Waals surface area contributed by atoms with Crippen molar-refractivity contribution < 1.29 is 8.42 Å². The molecule has 0 amide bonds. The van der Waals surface area contributed by atoms with Crippen molar-refractivity contribution in [3.05, 3.63) is 35.4 Å². The third-order valence-corrected chi connectivity index (χ3v) is 7.25. The Hall–Kier alpha value is -0.230. The summed E-state index contributed by atoms with van der Waals surface area (Å²) in [5.41, 5.74) is 1.76. The van der Waals surface area contributed by atoms with Gasteiger partial charge in [-0.2, -0.15) is 16.1 Å². The predicted octanol–water partition coefficient (Wildman–Crippen LogP) is 3.08. The first-order chi connectivity index (χ1) is 9.44. The molecule has 1 heterocycles. The summed E-state index contributed by atoms with van der Waals surface area (Å²) in [5.74, 6) is 1.33. The van der Waals surface area contributed by atoms with Gasteiger partial charge in [-0.1, -0.05) is 31.2 Å². The van der Waals surface area contributed by atoms with Crippen LogP contribution in [0, 0.1) is 0 Å². The van der Waals surface area contributed by atoms with Crippen molar-refractivity contribution in [3.8, 4) is 0 Å². The molecular weight excluding hydrogens is 314 g/mol. The van der Waals surface area contributed by atoms with Gasteiger partial charge in [0, 0.05) is 29.5 Å². The van der Waals surface area contributed by atoms with E-state index in [0.29, 0.717) is 17.7 Å². The molecule has 2 rings (SSSR count). The van der Waals surface area contributed by atoms with E-state index in [1.54, 1.807) is 4.31 Å². The number of hydrogen-bond donors (Lipinski definition) is 0. The van der Waals surface area contributed by atoms with Gasteiger partial charge in [-0.25, -0.2) is 8.42 Å². The zero-order valence-electron chi connectivity index (χ0n) is 11.8. The van der Waals surface area contributed by atoms with Crippen LogP contribution in [0.25, 0.3) is 0 Å². The molecule has 2 atom stereocenters. The third kappa shape index (κ3) is 3.70. The number of thioether (sulfide) groups is 1. The molecule has 1 saturated heterocycles. The van der Waals surface area contributed by atoms with E-state index in [1.165, 1.54) is 0 Å². The van der Waals surface area contributed by atoms with E-state index in [2.05, 4.69) is 6.92 Å². The van der Waals surface area contributed by atoms with Gasteiger partial charge in [-0.3, -0.25) is 0 Å². The Morgan fingerprint density at radius 3 is 2.75 bits per heavy atom. The van der Waals surface area contributed by atoms with Crippen molar-refractivity contribution >= 4 is 33.4 Å². The zero-order chi connectivity index (χ0) is 14.8. The maximum absolute atomic E-state index is 12.6. The van der Waals surface area contributed by atoms with E-state index < -0.39 is 10.0 Å². The Labute approximate surface area is 130 Å². The average molecular weight is 334 g/mol. The smallest absolute Gasteiger partial charge is 0.212 e. The first-order valence-electron chi connectivity index (χ1n) is 6.69. The number of sulfonamides is 1. The lowest BCUT2D eigenvalue weighted by Gasteiger charge is -2.36. The number of nitrogens with zero attached hydrogens (tertiary/aromatic N) is 1. The lowest BCUT2D eigenvalue weighted by atomic mass is 10.2. The molecule has 0 saturated carbocycles. The second kappa shape index (κ2) is 6.69. The summed E-state index contributed by atoms with van der Waals surface area (Å²) in [7, 11) is -3.27. The van der Waals surface area contributed by atoms with Crippen LogP contribution in [0.2, 0.25) is 0 Å². The van der Waals surface area contributed by atoms with Crippen LogP contribution in [0.1, 0.15) is 25.0 Å². The fraction of sp³-hybridized carbons (Fsp3) is 0.571. The van der Waals surface area contributed by atoms with E-state index >= 15 is 0 Å². The number of benzene rings is 1. The van der Waals surface area contributed by atoms with Gasteiger partial charge in [0.1, 0.15) is 0 Å². The van der Waals surface area contributed by atoms with Crippen molar-refractivity contribution in [2.75, 3.05) is 12.3 Å². The Kier molecular flexibility index (Phi) is 5.40. The van der Waals surface area contributed by atoms with E-state index in [0.717, 1.165) is 16.9 Å². The van der Waals surface area contributed by atoms with E-state index in [1.807, 2.05) is 43.0 Å². The highest BCUT2D eigenvalue weighted by Crippen LogP contribution is 2.27. The summed E-state index contributed by atoms with van der Waals surface area (Å²) in [4.78, 5) is 0. The summed E-state index contributed by atoms with van der Waals surface area (Å²) in [6, 6.07) is 7.54. The maximum Gasteiger partial charge on any atom is 0.218 e. The molecule has 0 spiro atoms. The minimum atomic E-state index is -3.27. The van der Waals surface area contributed by atoms with Crippen molar-refractivity contribution in [2.45, 2.75) is 36.8 Å². The quantitative estimate of drug-likeness (QED) is 0.795. The molecule has 1 fully saturated rings. The molecule has 0 bridgehead atoms. The van der Waals surface area contributed by atoms with Crippen LogP contribution in [-0.2, 0) is 21.7 Å². The summed E-state index contributed by atoms with van der Waals surface area (Å²) < 4.78 is 26.8. The summed E-state index contributed by atoms with van der Waals surface area (Å²) >= 11 is 7.63. The van der Waals surface area contributed by atoms with Crippen molar-refractivity contribution in [1.29, 1.82) is 0 Å². The van der Waals surface area contributed by atoms with Crippen LogP contribution < -0.4 is 0 Å². The fourth-order valence-corrected chi connectivity index (χ4v) is 5.68. The average Bonchev–Trinajstić information content (AvgIpc) is 2.41. The van der Waals surface area contributed by atoms with Gasteiger partial charge in [-0.15, -0.1) is 11.6 Å². The fourth-order valence-electron chi connectivity index (χ4n) is 2.39. The molecular formula is C14H20ClNO2S2. The zero-order valence-corrected chi connectivity index (χ0v) is 14.1. The van der Waals surface area contributed by atoms with Crippen molar-refractivity contribution in [2.24, 2.45) is 0 Å². The summed E-state index contributed by atoms with van der Waals surface area (Å²) in [5, 5.41) is 0.340. The van der Waals surface area contributed by atoms with Crippen LogP contribution >= 0.6 is 23.4 Å². The molecule has 1 aromatic rings. The lowest BCUT2D eigenvalue weighted by molar-refractivity contribution is 0.340. The predicted molar refractivity (Wildman–Crippen MR) is 86.7 cm³/mol. The largest absolute Gasteiger partial charge is 0.218 e. The second-order valence-electron chi connectivity index (χ2n) is 5.14. The van der Waals surface area contributed by atoms with Crippen molar-refractivity contribution in [1.82, 2.24) is 4.31 Å². The molecule has 0 aliphatic carbocycles. The van der Waals surface area contributed by atoms with Gasteiger partial charge in [0.15, 0.2) is 0 Å². The van der Waals surface area contributed by atoms with Gasteiger partial charge in [0.05, 0.1) is 5.75 Å². The van der Waals surface area contributed by atoms with Gasteiger partial charge in [-0.05, 0) is 18.1 Å². The Balaban J connectivity index is 2.17. The summed E-state index contributed by atoms with van der Waals surface area (Å²) in [6.45, 7) is 4.68. The molecule has 112 valence electrons. The number of alkyl halides is 1. The molecule has 1 aliphatic heterocycles. The number of halogens is 1. The lowest BCUT2D eigenvalue weighted by Crippen LogP contribution is -2.48. The minimum absolute atomic E-state index is 0.0509. The van der Waals surface area contributed by atoms with Gasteiger partial charge < -0.3 is 0 Å². The number of rotatable bonds is 4. The topological polar surface area (TPSA) is 37.4 Å². The normalized spacial score (nSPS) is 24.8. The Morgan fingerprint density at radius 2 is 2.05 bits per heavy atom. The summed E-state index contributed by atoms with van der Waals surface area (Å²) in [6.07, 6.45) is 0. The van der Waals surface area contributed by atoms with Crippen LogP contribution in [0.3, 0.4) is 0 Å². The molecule has 1 aromatic carbocycles. The van der Waals surface area contributed by atoms with E-state index in [-0.39, 0.29) is 11.8 Å². The maximum atomic E-state index is 12.6. The van der Waals surface area contributed by atoms with E-state index in [4.69, 9.17) is 11.6 Å². The second-order valence-corrected chi connectivity index (χ2v) is 8.81. The SMILES string of the molecule is CC1SCCN(S(=O)(=O)Cc2cccc(CCl)c2)C1C. The Morgan fingerprint density at radius 1 is 1.35 bits per heavy atom. The molecule has 2 unspecified atom stereocenters. The molecule has 0 aromatic heterocycles. The molecule has 1 aliphatic rings. The molecule has 0 N–H and O–H groups in total. The van der Waals surface area contributed by atoms with Gasteiger partial charge in [0.25, 0.3) is 0 Å². The standard InChI is InChI=1S/C14H20ClNO2S2/c1-11-12(2)19-7-6-16(11)20(17,18)10-14-5-3-4-13(8-14)9-15/h3-5,8,11-12H,6-7,9-10H2,1-2H3. The van der Waals surface area contributed by atoms with Crippen LogP contribution in [0.5, 0.6) is 0 Å². The van der Waals surface area contributed by atoms with Gasteiger partial charge >= 0.3 is 0 Å². The first kappa shape index (κ1) is 16.1. The van der Waals surface area contributed by atoms with Crippen LogP contribution in [0.15, 0.2) is 24.3 Å².